The summed E-state index contributed by atoms with van der Waals surface area (Å²) >= 11 is 11.7. The van der Waals surface area contributed by atoms with Crippen molar-refractivity contribution < 1.29 is 17.7 Å². The summed E-state index contributed by atoms with van der Waals surface area (Å²) in [5.74, 6) is -1.74. The molecule has 0 saturated carbocycles. The van der Waals surface area contributed by atoms with Gasteiger partial charge in [0, 0.05) is 5.56 Å². The van der Waals surface area contributed by atoms with E-state index in [4.69, 9.17) is 28.9 Å². The van der Waals surface area contributed by atoms with Crippen molar-refractivity contribution in [3.63, 3.8) is 0 Å². The first-order chi connectivity index (χ1) is 8.32. The van der Waals surface area contributed by atoms with Crippen molar-refractivity contribution >= 4 is 29.0 Å². The minimum Gasteiger partial charge on any atom is -0.380 e. The summed E-state index contributed by atoms with van der Waals surface area (Å²) in [4.78, 5) is 0. The lowest BCUT2D eigenvalue weighted by Gasteiger charge is -2.08. The van der Waals surface area contributed by atoms with Gasteiger partial charge in [0.25, 0.3) is 5.76 Å². The Bertz CT molecular complexity index is 575. The molecule has 0 saturated heterocycles. The van der Waals surface area contributed by atoms with Crippen molar-refractivity contribution in [1.29, 1.82) is 0 Å². The zero-order chi connectivity index (χ0) is 13.5. The topological polar surface area (TPSA) is 52.0 Å². The first-order valence-electron chi connectivity index (χ1n) is 4.59. The molecule has 2 N–H and O–H groups in total. The number of nitrogens with zero attached hydrogens (tertiary/aromatic N) is 1. The van der Waals surface area contributed by atoms with E-state index in [2.05, 4.69) is 9.68 Å². The summed E-state index contributed by atoms with van der Waals surface area (Å²) in [5, 5.41) is 3.17. The third kappa shape index (κ3) is 2.13. The van der Waals surface area contributed by atoms with Crippen molar-refractivity contribution in [3.8, 4) is 11.1 Å². The molecule has 96 valence electrons. The van der Waals surface area contributed by atoms with Gasteiger partial charge < -0.3 is 10.3 Å². The van der Waals surface area contributed by atoms with Crippen LogP contribution in [-0.4, -0.2) is 5.16 Å². The number of hydrogen-bond donors (Lipinski definition) is 1. The van der Waals surface area contributed by atoms with Gasteiger partial charge in [-0.15, -0.1) is 0 Å². The highest BCUT2D eigenvalue weighted by Gasteiger charge is 2.41. The molecular formula is C10H5Cl2F3N2O. The molecule has 1 heterocycles. The number of nitrogen functional groups attached to an aromatic ring is 1. The van der Waals surface area contributed by atoms with Gasteiger partial charge in [0.15, 0.2) is 5.82 Å². The quantitative estimate of drug-likeness (QED) is 0.856. The molecule has 1 aromatic carbocycles. The zero-order valence-corrected chi connectivity index (χ0v) is 10.1. The first kappa shape index (κ1) is 13.0. The van der Waals surface area contributed by atoms with E-state index in [0.29, 0.717) is 0 Å². The number of benzene rings is 1. The third-order valence-electron chi connectivity index (χ3n) is 2.19. The van der Waals surface area contributed by atoms with Crippen LogP contribution in [0.1, 0.15) is 5.76 Å². The number of nitrogens with two attached hydrogens (primary N) is 1. The number of alkyl halides is 3. The van der Waals surface area contributed by atoms with Crippen LogP contribution in [-0.2, 0) is 6.18 Å². The molecule has 0 amide bonds. The zero-order valence-electron chi connectivity index (χ0n) is 8.55. The molecule has 0 atom stereocenters. The van der Waals surface area contributed by atoms with Gasteiger partial charge in [-0.25, -0.2) is 0 Å². The lowest BCUT2D eigenvalue weighted by atomic mass is 10.1. The average Bonchev–Trinajstić information content (AvgIpc) is 2.60. The molecule has 0 radical (unpaired) electrons. The molecule has 18 heavy (non-hydrogen) atoms. The van der Waals surface area contributed by atoms with E-state index in [1.54, 1.807) is 0 Å². The van der Waals surface area contributed by atoms with E-state index >= 15 is 0 Å². The van der Waals surface area contributed by atoms with Crippen LogP contribution >= 0.6 is 23.2 Å². The number of hydrogen-bond acceptors (Lipinski definition) is 3. The van der Waals surface area contributed by atoms with Gasteiger partial charge in [0.1, 0.15) is 0 Å². The van der Waals surface area contributed by atoms with Crippen molar-refractivity contribution in [1.82, 2.24) is 5.16 Å². The molecule has 0 aliphatic heterocycles. The SMILES string of the molecule is Nc1noc(C(F)(F)F)c1-c1c(Cl)cccc1Cl. The molecule has 0 aliphatic rings. The second-order valence-corrected chi connectivity index (χ2v) is 4.18. The van der Waals surface area contributed by atoms with Gasteiger partial charge in [-0.3, -0.25) is 0 Å². The smallest absolute Gasteiger partial charge is 0.380 e. The molecular weight excluding hydrogens is 292 g/mol. The summed E-state index contributed by atoms with van der Waals surface area (Å²) in [6.45, 7) is 0. The minimum atomic E-state index is -4.73. The van der Waals surface area contributed by atoms with Crippen LogP contribution in [0.2, 0.25) is 10.0 Å². The summed E-state index contributed by atoms with van der Waals surface area (Å²) in [7, 11) is 0. The van der Waals surface area contributed by atoms with Crippen LogP contribution in [0.25, 0.3) is 11.1 Å². The number of rotatable bonds is 1. The Labute approximate surface area is 109 Å². The largest absolute Gasteiger partial charge is 0.453 e. The highest BCUT2D eigenvalue weighted by Crippen LogP contribution is 2.45. The number of anilines is 1. The molecule has 8 heteroatoms. The van der Waals surface area contributed by atoms with Crippen molar-refractivity contribution in [2.45, 2.75) is 6.18 Å². The lowest BCUT2D eigenvalue weighted by molar-refractivity contribution is -0.154. The normalized spacial score (nSPS) is 11.8. The molecule has 0 unspecified atom stereocenters. The third-order valence-corrected chi connectivity index (χ3v) is 2.82. The fourth-order valence-corrected chi connectivity index (χ4v) is 2.06. The standard InChI is InChI=1S/C10H5Cl2F3N2O/c11-4-2-1-3-5(12)6(4)7-8(10(13,14)15)18-17-9(7)16/h1-3H,(H2,16,17). The molecule has 2 rings (SSSR count). The average molecular weight is 297 g/mol. The van der Waals surface area contributed by atoms with Gasteiger partial charge in [-0.1, -0.05) is 34.4 Å². The fraction of sp³-hybridized carbons (Fsp3) is 0.100. The molecule has 0 bridgehead atoms. The lowest BCUT2D eigenvalue weighted by Crippen LogP contribution is -2.05. The summed E-state index contributed by atoms with van der Waals surface area (Å²) < 4.78 is 42.4. The van der Waals surface area contributed by atoms with Crippen molar-refractivity contribution in [2.24, 2.45) is 0 Å². The van der Waals surface area contributed by atoms with Gasteiger partial charge in [0.05, 0.1) is 15.6 Å². The maximum atomic E-state index is 12.7. The van der Waals surface area contributed by atoms with Crippen molar-refractivity contribution in [3.05, 3.63) is 34.0 Å². The van der Waals surface area contributed by atoms with E-state index in [1.165, 1.54) is 18.2 Å². The summed E-state index contributed by atoms with van der Waals surface area (Å²) in [5.41, 5.74) is 4.89. The molecule has 1 aromatic heterocycles. The maximum absolute atomic E-state index is 12.7. The van der Waals surface area contributed by atoms with E-state index in [1.807, 2.05) is 0 Å². The summed E-state index contributed by atoms with van der Waals surface area (Å²) in [6.07, 6.45) is -4.73. The predicted molar refractivity (Wildman–Crippen MR) is 61.4 cm³/mol. The van der Waals surface area contributed by atoms with E-state index < -0.39 is 23.3 Å². The van der Waals surface area contributed by atoms with Gasteiger partial charge in [0.2, 0.25) is 0 Å². The van der Waals surface area contributed by atoms with Crippen LogP contribution < -0.4 is 5.73 Å². The van der Waals surface area contributed by atoms with Crippen molar-refractivity contribution in [2.75, 3.05) is 5.73 Å². The Hall–Kier alpha value is -1.40. The molecule has 0 spiro atoms. The highest BCUT2D eigenvalue weighted by atomic mass is 35.5. The Balaban J connectivity index is 2.76. The molecule has 0 aliphatic carbocycles. The molecule has 2 aromatic rings. The fourth-order valence-electron chi connectivity index (χ4n) is 1.47. The van der Waals surface area contributed by atoms with Crippen LogP contribution in [0, 0.1) is 0 Å². The highest BCUT2D eigenvalue weighted by molar-refractivity contribution is 6.39. The Morgan fingerprint density at radius 1 is 1.11 bits per heavy atom. The second-order valence-electron chi connectivity index (χ2n) is 3.37. The predicted octanol–water partition coefficient (Wildman–Crippen LogP) is 4.25. The minimum absolute atomic E-state index is 0.0305. The Kier molecular flexibility index (Phi) is 3.16. The molecule has 0 fully saturated rings. The van der Waals surface area contributed by atoms with Gasteiger partial charge in [-0.2, -0.15) is 13.2 Å². The number of aromatic nitrogens is 1. The van der Waals surface area contributed by atoms with Crippen LogP contribution in [0.5, 0.6) is 0 Å². The van der Waals surface area contributed by atoms with Crippen LogP contribution in [0.4, 0.5) is 19.0 Å². The second kappa shape index (κ2) is 4.37. The van der Waals surface area contributed by atoms with E-state index in [-0.39, 0.29) is 15.6 Å². The Morgan fingerprint density at radius 3 is 2.17 bits per heavy atom. The first-order valence-corrected chi connectivity index (χ1v) is 5.34. The Morgan fingerprint density at radius 2 is 1.67 bits per heavy atom. The summed E-state index contributed by atoms with van der Waals surface area (Å²) in [6, 6.07) is 4.30. The van der Waals surface area contributed by atoms with E-state index in [0.717, 1.165) is 0 Å². The van der Waals surface area contributed by atoms with Crippen LogP contribution in [0.3, 0.4) is 0 Å². The van der Waals surface area contributed by atoms with Gasteiger partial charge >= 0.3 is 6.18 Å². The van der Waals surface area contributed by atoms with E-state index in [9.17, 15) is 13.2 Å². The van der Waals surface area contributed by atoms with Gasteiger partial charge in [-0.05, 0) is 12.1 Å². The molecule has 3 nitrogen and oxygen atoms in total. The maximum Gasteiger partial charge on any atom is 0.453 e. The monoisotopic (exact) mass is 296 g/mol. The van der Waals surface area contributed by atoms with Crippen LogP contribution in [0.15, 0.2) is 22.7 Å². The number of halogens is 5.